The summed E-state index contributed by atoms with van der Waals surface area (Å²) in [5.41, 5.74) is -0.115. The van der Waals surface area contributed by atoms with Crippen molar-refractivity contribution in [2.24, 2.45) is 5.92 Å². The minimum absolute atomic E-state index is 0.115. The van der Waals surface area contributed by atoms with Gasteiger partial charge >= 0.3 is 0 Å². The molecule has 0 bridgehead atoms. The molecule has 1 aromatic rings. The van der Waals surface area contributed by atoms with E-state index in [4.69, 9.17) is 9.15 Å². The van der Waals surface area contributed by atoms with Gasteiger partial charge in [-0.05, 0) is 44.7 Å². The van der Waals surface area contributed by atoms with Crippen molar-refractivity contribution < 1.29 is 13.9 Å². The lowest BCUT2D eigenvalue weighted by Gasteiger charge is -2.40. The fourth-order valence-electron chi connectivity index (χ4n) is 4.45. The lowest BCUT2D eigenvalue weighted by molar-refractivity contribution is -0.139. The highest BCUT2D eigenvalue weighted by molar-refractivity contribution is 5.77. The molecule has 0 aromatic carbocycles. The molecule has 1 atom stereocenters. The molecule has 2 aliphatic heterocycles. The van der Waals surface area contributed by atoms with Crippen LogP contribution in [0.25, 0.3) is 0 Å². The molecule has 0 unspecified atom stereocenters. The van der Waals surface area contributed by atoms with Crippen molar-refractivity contribution in [3.8, 4) is 0 Å². The van der Waals surface area contributed by atoms with Crippen LogP contribution in [0.2, 0.25) is 0 Å². The molecule has 0 saturated carbocycles. The van der Waals surface area contributed by atoms with E-state index in [1.807, 2.05) is 0 Å². The van der Waals surface area contributed by atoms with Crippen LogP contribution in [0, 0.1) is 5.92 Å². The molecule has 2 aliphatic rings. The van der Waals surface area contributed by atoms with Crippen molar-refractivity contribution in [1.82, 2.24) is 20.0 Å². The number of methoxy groups -OCH3 is 1. The van der Waals surface area contributed by atoms with Gasteiger partial charge in [0.2, 0.25) is 17.7 Å². The molecule has 7 heteroatoms. The van der Waals surface area contributed by atoms with Crippen LogP contribution < -0.4 is 0 Å². The molecule has 3 heterocycles. The number of ether oxygens (including phenoxy) is 1. The summed E-state index contributed by atoms with van der Waals surface area (Å²) in [5, 5.41) is 8.43. The molecular weight excluding hydrogens is 356 g/mol. The third-order valence-corrected chi connectivity index (χ3v) is 6.03. The molecule has 3 rings (SSSR count). The third-order valence-electron chi connectivity index (χ3n) is 6.03. The number of aromatic nitrogens is 2. The van der Waals surface area contributed by atoms with E-state index in [0.717, 1.165) is 45.3 Å². The predicted molar refractivity (Wildman–Crippen MR) is 107 cm³/mol. The predicted octanol–water partition coefficient (Wildman–Crippen LogP) is 3.00. The van der Waals surface area contributed by atoms with E-state index in [2.05, 4.69) is 40.8 Å². The van der Waals surface area contributed by atoms with Gasteiger partial charge < -0.3 is 14.1 Å². The number of rotatable bonds is 5. The summed E-state index contributed by atoms with van der Waals surface area (Å²) in [6.45, 7) is 10.1. The minimum Gasteiger partial charge on any atom is -0.423 e. The number of nitrogens with zero attached hydrogens (tertiary/aromatic N) is 4. The summed E-state index contributed by atoms with van der Waals surface area (Å²) >= 11 is 0. The van der Waals surface area contributed by atoms with Gasteiger partial charge in [-0.2, -0.15) is 0 Å². The molecule has 1 amide bonds. The van der Waals surface area contributed by atoms with Gasteiger partial charge in [-0.3, -0.25) is 9.69 Å². The molecule has 0 aliphatic carbocycles. The smallest absolute Gasteiger partial charge is 0.248 e. The largest absolute Gasteiger partial charge is 0.423 e. The van der Waals surface area contributed by atoms with Crippen LogP contribution >= 0.6 is 0 Å². The second kappa shape index (κ2) is 9.35. The number of carbonyl (C=O) groups excluding carboxylic acids is 1. The lowest BCUT2D eigenvalue weighted by Crippen LogP contribution is -2.48. The van der Waals surface area contributed by atoms with Gasteiger partial charge in [0.1, 0.15) is 6.61 Å². The molecular formula is C21H36N4O3. The van der Waals surface area contributed by atoms with Crippen molar-refractivity contribution in [2.75, 3.05) is 33.4 Å². The van der Waals surface area contributed by atoms with Gasteiger partial charge in [-0.25, -0.2) is 0 Å². The van der Waals surface area contributed by atoms with Crippen LogP contribution in [0.15, 0.2) is 4.42 Å². The number of likely N-dealkylation sites (tertiary alicyclic amines) is 2. The zero-order valence-electron chi connectivity index (χ0n) is 17.9. The van der Waals surface area contributed by atoms with Gasteiger partial charge in [0.15, 0.2) is 0 Å². The Morgan fingerprint density at radius 3 is 2.50 bits per heavy atom. The van der Waals surface area contributed by atoms with Crippen molar-refractivity contribution in [2.45, 2.75) is 77.3 Å². The number of piperidine rings is 1. The van der Waals surface area contributed by atoms with Crippen LogP contribution in [-0.4, -0.2) is 65.3 Å². The molecule has 0 spiro atoms. The van der Waals surface area contributed by atoms with Crippen molar-refractivity contribution in [3.63, 3.8) is 0 Å². The first kappa shape index (κ1) is 21.2. The lowest BCUT2D eigenvalue weighted by atomic mass is 9.86. The summed E-state index contributed by atoms with van der Waals surface area (Å²) in [6, 6.07) is 0.364. The highest BCUT2D eigenvalue weighted by atomic mass is 16.5. The van der Waals surface area contributed by atoms with E-state index in [1.165, 1.54) is 12.8 Å². The highest BCUT2D eigenvalue weighted by Gasteiger charge is 2.34. The molecule has 158 valence electrons. The quantitative estimate of drug-likeness (QED) is 0.767. The van der Waals surface area contributed by atoms with E-state index in [9.17, 15) is 4.79 Å². The van der Waals surface area contributed by atoms with Gasteiger partial charge in [0, 0.05) is 25.1 Å². The Morgan fingerprint density at radius 1 is 1.11 bits per heavy atom. The minimum atomic E-state index is -0.115. The second-order valence-corrected chi connectivity index (χ2v) is 9.30. The van der Waals surface area contributed by atoms with Crippen molar-refractivity contribution >= 4 is 5.91 Å². The van der Waals surface area contributed by atoms with E-state index >= 15 is 0 Å². The molecule has 28 heavy (non-hydrogen) atoms. The average molecular weight is 393 g/mol. The first-order chi connectivity index (χ1) is 13.4. The van der Waals surface area contributed by atoms with Crippen LogP contribution in [-0.2, 0) is 21.5 Å². The van der Waals surface area contributed by atoms with Gasteiger partial charge in [0.05, 0.1) is 6.54 Å². The number of hydrogen-bond acceptors (Lipinski definition) is 6. The Hall–Kier alpha value is -1.47. The molecule has 7 nitrogen and oxygen atoms in total. The summed E-state index contributed by atoms with van der Waals surface area (Å²) in [6.07, 6.45) is 6.90. The summed E-state index contributed by atoms with van der Waals surface area (Å²) in [4.78, 5) is 17.1. The van der Waals surface area contributed by atoms with Gasteiger partial charge in [-0.15, -0.1) is 10.2 Å². The molecule has 1 aromatic heterocycles. The molecule has 0 N–H and O–H groups in total. The van der Waals surface area contributed by atoms with E-state index in [0.29, 0.717) is 30.3 Å². The maximum atomic E-state index is 12.6. The molecule has 2 fully saturated rings. The Labute approximate surface area is 168 Å². The summed E-state index contributed by atoms with van der Waals surface area (Å²) < 4.78 is 11.0. The van der Waals surface area contributed by atoms with Crippen LogP contribution in [0.1, 0.15) is 71.1 Å². The van der Waals surface area contributed by atoms with E-state index in [1.54, 1.807) is 7.11 Å². The molecule has 0 radical (unpaired) electrons. The van der Waals surface area contributed by atoms with Crippen LogP contribution in [0.4, 0.5) is 0 Å². The Morgan fingerprint density at radius 2 is 1.86 bits per heavy atom. The first-order valence-corrected chi connectivity index (χ1v) is 10.7. The zero-order chi connectivity index (χ0) is 20.1. The topological polar surface area (TPSA) is 71.7 Å². The van der Waals surface area contributed by atoms with Crippen molar-refractivity contribution in [3.05, 3.63) is 11.8 Å². The standard InChI is InChI=1S/C21H36N4O3/c1-21(2,3)20-23-22-18(28-20)14-24-12-9-16(10-13-24)17-8-6-5-7-11-25(17)19(26)15-27-4/h16-17H,5-15H2,1-4H3/t17-/m0/s1. The Bertz CT molecular complexity index is 632. The SMILES string of the molecule is COCC(=O)N1CCCCC[C@H]1C1CCN(Cc2nnc(C(C)(C)C)o2)CC1. The zero-order valence-corrected chi connectivity index (χ0v) is 17.9. The van der Waals surface area contributed by atoms with Crippen molar-refractivity contribution in [1.29, 1.82) is 0 Å². The normalized spacial score (nSPS) is 23.0. The Balaban J connectivity index is 1.56. The molecule has 2 saturated heterocycles. The number of amides is 1. The number of carbonyl (C=O) groups is 1. The monoisotopic (exact) mass is 392 g/mol. The average Bonchev–Trinajstić information content (AvgIpc) is 2.99. The van der Waals surface area contributed by atoms with Crippen LogP contribution in [0.5, 0.6) is 0 Å². The maximum absolute atomic E-state index is 12.6. The van der Waals surface area contributed by atoms with Gasteiger partial charge in [0.25, 0.3) is 0 Å². The fourth-order valence-corrected chi connectivity index (χ4v) is 4.45. The second-order valence-electron chi connectivity index (χ2n) is 9.30. The number of hydrogen-bond donors (Lipinski definition) is 0. The fraction of sp³-hybridized carbons (Fsp3) is 0.857. The summed E-state index contributed by atoms with van der Waals surface area (Å²) in [7, 11) is 1.60. The Kier molecular flexibility index (Phi) is 7.10. The third kappa shape index (κ3) is 5.32. The highest BCUT2D eigenvalue weighted by Crippen LogP contribution is 2.31. The first-order valence-electron chi connectivity index (χ1n) is 10.7. The summed E-state index contributed by atoms with van der Waals surface area (Å²) in [5.74, 6) is 2.12. The maximum Gasteiger partial charge on any atom is 0.248 e. The van der Waals surface area contributed by atoms with E-state index < -0.39 is 0 Å². The van der Waals surface area contributed by atoms with Gasteiger partial charge in [-0.1, -0.05) is 33.6 Å². The van der Waals surface area contributed by atoms with E-state index in [-0.39, 0.29) is 17.9 Å². The van der Waals surface area contributed by atoms with Crippen LogP contribution in [0.3, 0.4) is 0 Å².